The summed E-state index contributed by atoms with van der Waals surface area (Å²) in [6, 6.07) is 1.07. The van der Waals surface area contributed by atoms with E-state index in [4.69, 9.17) is 4.74 Å². The maximum atomic E-state index is 5.91. The topological polar surface area (TPSA) is 39.1 Å². The number of nitrogens with one attached hydrogen (secondary N) is 1. The van der Waals surface area contributed by atoms with Crippen molar-refractivity contribution in [2.45, 2.75) is 70.2 Å². The van der Waals surface area contributed by atoms with Crippen molar-refractivity contribution in [1.82, 2.24) is 14.9 Å². The van der Waals surface area contributed by atoms with Crippen LogP contribution in [0.2, 0.25) is 0 Å². The smallest absolute Gasteiger partial charge is 0.0949 e. The van der Waals surface area contributed by atoms with Gasteiger partial charge in [-0.05, 0) is 46.0 Å². The van der Waals surface area contributed by atoms with Gasteiger partial charge in [0.15, 0.2) is 0 Å². The normalized spacial score (nSPS) is 35.7. The van der Waals surface area contributed by atoms with Crippen molar-refractivity contribution in [3.63, 3.8) is 0 Å². The second kappa shape index (κ2) is 5.25. The van der Waals surface area contributed by atoms with E-state index >= 15 is 0 Å². The average Bonchev–Trinajstić information content (AvgIpc) is 2.99. The van der Waals surface area contributed by atoms with Crippen molar-refractivity contribution in [1.29, 1.82) is 0 Å². The van der Waals surface area contributed by atoms with Crippen LogP contribution in [-0.2, 0) is 11.3 Å². The molecule has 1 aromatic rings. The quantitative estimate of drug-likeness (QED) is 0.911. The Morgan fingerprint density at radius 3 is 3.11 bits per heavy atom. The first-order chi connectivity index (χ1) is 9.16. The van der Waals surface area contributed by atoms with Crippen molar-refractivity contribution >= 4 is 0 Å². The van der Waals surface area contributed by atoms with Crippen molar-refractivity contribution in [3.05, 3.63) is 18.2 Å². The molecule has 2 aliphatic rings. The second-order valence-electron chi connectivity index (χ2n) is 6.40. The van der Waals surface area contributed by atoms with E-state index in [1.54, 1.807) is 0 Å². The fourth-order valence-electron chi connectivity index (χ4n) is 3.45. The summed E-state index contributed by atoms with van der Waals surface area (Å²) in [5.74, 6) is 0. The molecule has 19 heavy (non-hydrogen) atoms. The SMILES string of the molecule is CC1CCCC(c2cncn2CC2(C)CCCO2)N1. The highest BCUT2D eigenvalue weighted by atomic mass is 16.5. The Balaban J connectivity index is 1.74. The lowest BCUT2D eigenvalue weighted by molar-refractivity contribution is 0.00526. The van der Waals surface area contributed by atoms with Crippen LogP contribution in [0.4, 0.5) is 0 Å². The predicted molar refractivity (Wildman–Crippen MR) is 75.0 cm³/mol. The van der Waals surface area contributed by atoms with Gasteiger partial charge in [-0.25, -0.2) is 4.98 Å². The van der Waals surface area contributed by atoms with E-state index in [0.29, 0.717) is 12.1 Å². The monoisotopic (exact) mass is 263 g/mol. The molecule has 4 heteroatoms. The van der Waals surface area contributed by atoms with Gasteiger partial charge in [0.05, 0.1) is 24.2 Å². The fourth-order valence-corrected chi connectivity index (χ4v) is 3.45. The first-order valence-corrected chi connectivity index (χ1v) is 7.56. The third kappa shape index (κ3) is 2.84. The van der Waals surface area contributed by atoms with Crippen LogP contribution in [0.25, 0.3) is 0 Å². The van der Waals surface area contributed by atoms with E-state index in [1.165, 1.54) is 31.4 Å². The molecule has 0 aromatic carbocycles. The molecular weight excluding hydrogens is 238 g/mol. The Morgan fingerprint density at radius 1 is 1.47 bits per heavy atom. The number of ether oxygens (including phenoxy) is 1. The number of aromatic nitrogens is 2. The summed E-state index contributed by atoms with van der Waals surface area (Å²) in [4.78, 5) is 4.36. The van der Waals surface area contributed by atoms with Gasteiger partial charge in [0.25, 0.3) is 0 Å². The Morgan fingerprint density at radius 2 is 2.37 bits per heavy atom. The Hall–Kier alpha value is -0.870. The number of nitrogens with zero attached hydrogens (tertiary/aromatic N) is 2. The Kier molecular flexibility index (Phi) is 3.63. The largest absolute Gasteiger partial charge is 0.373 e. The molecule has 3 atom stereocenters. The third-order valence-electron chi connectivity index (χ3n) is 4.52. The molecule has 0 bridgehead atoms. The fraction of sp³-hybridized carbons (Fsp3) is 0.800. The molecule has 3 heterocycles. The first kappa shape index (κ1) is 13.1. The van der Waals surface area contributed by atoms with E-state index in [2.05, 4.69) is 28.7 Å². The molecule has 0 spiro atoms. The van der Waals surface area contributed by atoms with Gasteiger partial charge in [0.2, 0.25) is 0 Å². The molecule has 4 nitrogen and oxygen atoms in total. The number of hydrogen-bond acceptors (Lipinski definition) is 3. The first-order valence-electron chi connectivity index (χ1n) is 7.56. The van der Waals surface area contributed by atoms with Crippen LogP contribution in [-0.4, -0.2) is 27.8 Å². The molecule has 0 radical (unpaired) electrons. The molecule has 2 saturated heterocycles. The molecule has 0 saturated carbocycles. The van der Waals surface area contributed by atoms with Gasteiger partial charge < -0.3 is 14.6 Å². The van der Waals surface area contributed by atoms with Gasteiger partial charge in [0, 0.05) is 24.9 Å². The van der Waals surface area contributed by atoms with Gasteiger partial charge >= 0.3 is 0 Å². The van der Waals surface area contributed by atoms with E-state index in [1.807, 2.05) is 12.5 Å². The summed E-state index contributed by atoms with van der Waals surface area (Å²) in [6.45, 7) is 6.32. The zero-order chi connectivity index (χ0) is 13.3. The molecule has 1 N–H and O–H groups in total. The molecular formula is C15H25N3O. The maximum Gasteiger partial charge on any atom is 0.0949 e. The van der Waals surface area contributed by atoms with Crippen molar-refractivity contribution in [2.75, 3.05) is 6.61 Å². The maximum absolute atomic E-state index is 5.91. The van der Waals surface area contributed by atoms with Gasteiger partial charge in [-0.15, -0.1) is 0 Å². The summed E-state index contributed by atoms with van der Waals surface area (Å²) in [5.41, 5.74) is 1.32. The van der Waals surface area contributed by atoms with Crippen LogP contribution in [0.5, 0.6) is 0 Å². The minimum atomic E-state index is -0.00423. The van der Waals surface area contributed by atoms with Crippen LogP contribution in [0.1, 0.15) is 57.7 Å². The van der Waals surface area contributed by atoms with Crippen LogP contribution < -0.4 is 5.32 Å². The minimum absolute atomic E-state index is 0.00423. The van der Waals surface area contributed by atoms with Crippen LogP contribution >= 0.6 is 0 Å². The zero-order valence-corrected chi connectivity index (χ0v) is 12.1. The standard InChI is InChI=1S/C15H25N3O/c1-12-5-3-6-13(17-12)14-9-16-11-18(14)10-15(2)7-4-8-19-15/h9,11-13,17H,3-8,10H2,1-2H3. The minimum Gasteiger partial charge on any atom is -0.373 e. The number of imidazole rings is 1. The molecule has 2 aliphatic heterocycles. The molecule has 1 aromatic heterocycles. The second-order valence-corrected chi connectivity index (χ2v) is 6.40. The van der Waals surface area contributed by atoms with Gasteiger partial charge in [-0.3, -0.25) is 0 Å². The number of piperidine rings is 1. The van der Waals surface area contributed by atoms with Crippen LogP contribution in [0, 0.1) is 0 Å². The van der Waals surface area contributed by atoms with Gasteiger partial charge in [-0.1, -0.05) is 0 Å². The average molecular weight is 263 g/mol. The lowest BCUT2D eigenvalue weighted by Gasteiger charge is -2.31. The summed E-state index contributed by atoms with van der Waals surface area (Å²) in [6.07, 6.45) is 10.1. The van der Waals surface area contributed by atoms with Crippen molar-refractivity contribution < 1.29 is 4.74 Å². The Labute approximate surface area is 115 Å². The summed E-state index contributed by atoms with van der Waals surface area (Å²) in [7, 11) is 0. The van der Waals surface area contributed by atoms with E-state index in [-0.39, 0.29) is 5.60 Å². The molecule has 106 valence electrons. The zero-order valence-electron chi connectivity index (χ0n) is 12.1. The molecule has 3 rings (SSSR count). The van der Waals surface area contributed by atoms with Crippen molar-refractivity contribution in [3.8, 4) is 0 Å². The van der Waals surface area contributed by atoms with Gasteiger partial charge in [0.1, 0.15) is 0 Å². The van der Waals surface area contributed by atoms with Crippen molar-refractivity contribution in [2.24, 2.45) is 0 Å². The highest BCUT2D eigenvalue weighted by Gasteiger charge is 2.32. The van der Waals surface area contributed by atoms with Gasteiger partial charge in [-0.2, -0.15) is 0 Å². The summed E-state index contributed by atoms with van der Waals surface area (Å²) in [5, 5.41) is 3.69. The number of hydrogen-bond donors (Lipinski definition) is 1. The van der Waals surface area contributed by atoms with E-state index in [9.17, 15) is 0 Å². The molecule has 0 amide bonds. The highest BCUT2D eigenvalue weighted by Crippen LogP contribution is 2.30. The molecule has 0 aliphatic carbocycles. The molecule has 3 unspecified atom stereocenters. The lowest BCUT2D eigenvalue weighted by atomic mass is 9.97. The van der Waals surface area contributed by atoms with Crippen LogP contribution in [0.15, 0.2) is 12.5 Å². The van der Waals surface area contributed by atoms with Crippen LogP contribution in [0.3, 0.4) is 0 Å². The predicted octanol–water partition coefficient (Wildman–Crippen LogP) is 2.66. The van der Waals surface area contributed by atoms with E-state index in [0.717, 1.165) is 19.6 Å². The lowest BCUT2D eigenvalue weighted by Crippen LogP contribution is -2.37. The van der Waals surface area contributed by atoms with E-state index < -0.39 is 0 Å². The Bertz CT molecular complexity index is 423. The summed E-state index contributed by atoms with van der Waals surface area (Å²) >= 11 is 0. The molecule has 2 fully saturated rings. The third-order valence-corrected chi connectivity index (χ3v) is 4.52. The summed E-state index contributed by atoms with van der Waals surface area (Å²) < 4.78 is 8.20. The number of rotatable bonds is 3. The highest BCUT2D eigenvalue weighted by molar-refractivity contribution is 5.08.